The van der Waals surface area contributed by atoms with Gasteiger partial charge in [0.25, 0.3) is 11.5 Å². The van der Waals surface area contributed by atoms with Gasteiger partial charge < -0.3 is 10.2 Å². The van der Waals surface area contributed by atoms with E-state index in [4.69, 9.17) is 39.6 Å². The number of hydrogen-bond acceptors (Lipinski definition) is 4. The number of halogens is 6. The van der Waals surface area contributed by atoms with Crippen LogP contribution in [0.15, 0.2) is 41.6 Å². The van der Waals surface area contributed by atoms with Crippen LogP contribution < -0.4 is 5.32 Å². The number of aryl methyl sites for hydroxylation is 1. The number of carbonyl (C=O) groups excluding carboxylic acids is 1. The van der Waals surface area contributed by atoms with E-state index in [-0.39, 0.29) is 32.8 Å². The minimum Gasteiger partial charge on any atom is -0.372 e. The molecule has 4 nitrogen and oxygen atoms in total. The Morgan fingerprint density at radius 1 is 1.18 bits per heavy atom. The summed E-state index contributed by atoms with van der Waals surface area (Å²) >= 11 is 20.0. The highest BCUT2D eigenvalue weighted by Crippen LogP contribution is 2.51. The molecule has 0 saturated carbocycles. The van der Waals surface area contributed by atoms with Crippen LogP contribution in [0.5, 0.6) is 0 Å². The van der Waals surface area contributed by atoms with Crippen LogP contribution in [0.1, 0.15) is 34.0 Å². The Hall–Kier alpha value is -1.61. The zero-order valence-corrected chi connectivity index (χ0v) is 20.5. The maximum Gasteiger partial charge on any atom is 0.437 e. The fraction of sp³-hybridized carbons (Fsp3) is 0.364. The number of amides is 1. The Labute approximate surface area is 207 Å². The summed E-state index contributed by atoms with van der Waals surface area (Å²) in [6.07, 6.45) is -4.93. The van der Waals surface area contributed by atoms with Crippen molar-refractivity contribution < 1.29 is 22.8 Å². The Morgan fingerprint density at radius 3 is 2.33 bits per heavy atom. The molecule has 0 aliphatic carbocycles. The molecule has 2 aliphatic rings. The standard InChI is InChI=1S/C22H18Cl3F3N2O2S/c1-11-5-12(3-4-16(11)19(31)29-20(2)9-33-10-20)17-18(25)21(32-30-17,22(26,27)28)13-6-14(23)8-15(24)7-13/h3-8,18H,9-10H2,1-2H3,(H,29,31). The third kappa shape index (κ3) is 4.31. The summed E-state index contributed by atoms with van der Waals surface area (Å²) in [6.45, 7) is 3.66. The van der Waals surface area contributed by atoms with Crippen molar-refractivity contribution >= 4 is 58.2 Å². The first-order valence-corrected chi connectivity index (χ1v) is 12.2. The van der Waals surface area contributed by atoms with Gasteiger partial charge in [-0.25, -0.2) is 0 Å². The van der Waals surface area contributed by atoms with Gasteiger partial charge in [0.15, 0.2) is 0 Å². The maximum atomic E-state index is 14.3. The molecule has 4 rings (SSSR count). The topological polar surface area (TPSA) is 50.7 Å². The zero-order chi connectivity index (χ0) is 24.2. The molecule has 2 heterocycles. The average Bonchev–Trinajstić information content (AvgIpc) is 3.04. The number of rotatable bonds is 4. The van der Waals surface area contributed by atoms with Crippen molar-refractivity contribution in [3.05, 3.63) is 68.7 Å². The van der Waals surface area contributed by atoms with Gasteiger partial charge in [-0.15, -0.1) is 11.6 Å². The minimum absolute atomic E-state index is 0.00631. The van der Waals surface area contributed by atoms with Crippen LogP contribution >= 0.6 is 46.6 Å². The lowest BCUT2D eigenvalue weighted by molar-refractivity contribution is -0.274. The minimum atomic E-state index is -4.93. The number of thioether (sulfide) groups is 1. The van der Waals surface area contributed by atoms with E-state index < -0.39 is 17.2 Å². The molecule has 1 saturated heterocycles. The molecule has 2 aromatic carbocycles. The van der Waals surface area contributed by atoms with Crippen LogP contribution in [0.4, 0.5) is 13.2 Å². The number of oxime groups is 1. The molecule has 0 bridgehead atoms. The van der Waals surface area contributed by atoms with Gasteiger partial charge in [-0.05, 0) is 49.7 Å². The summed E-state index contributed by atoms with van der Waals surface area (Å²) in [7, 11) is 0. The first-order valence-electron chi connectivity index (χ1n) is 9.81. The molecular weight excluding hydrogens is 520 g/mol. The molecule has 176 valence electrons. The quantitative estimate of drug-likeness (QED) is 0.463. The van der Waals surface area contributed by atoms with Crippen LogP contribution in [0.25, 0.3) is 0 Å². The van der Waals surface area contributed by atoms with E-state index in [0.717, 1.165) is 23.6 Å². The third-order valence-electron chi connectivity index (χ3n) is 5.62. The van der Waals surface area contributed by atoms with Crippen LogP contribution in [-0.4, -0.2) is 40.2 Å². The van der Waals surface area contributed by atoms with E-state index in [9.17, 15) is 18.0 Å². The number of carbonyl (C=O) groups is 1. The second kappa shape index (κ2) is 8.56. The van der Waals surface area contributed by atoms with E-state index in [1.165, 1.54) is 12.1 Å². The van der Waals surface area contributed by atoms with Gasteiger partial charge in [0.05, 0.1) is 5.54 Å². The Kier molecular flexibility index (Phi) is 6.36. The Morgan fingerprint density at radius 2 is 1.82 bits per heavy atom. The Balaban J connectivity index is 1.66. The number of benzene rings is 2. The fourth-order valence-corrected chi connectivity index (χ4v) is 5.77. The lowest BCUT2D eigenvalue weighted by atomic mass is 9.85. The molecule has 1 amide bonds. The second-order valence-corrected chi connectivity index (χ2v) is 10.7. The van der Waals surface area contributed by atoms with E-state index in [1.807, 2.05) is 6.92 Å². The van der Waals surface area contributed by atoms with Gasteiger partial charge in [0, 0.05) is 38.2 Å². The number of nitrogens with one attached hydrogen (secondary N) is 1. The number of alkyl halides is 4. The van der Waals surface area contributed by atoms with Crippen LogP contribution in [0.2, 0.25) is 10.0 Å². The van der Waals surface area contributed by atoms with Gasteiger partial charge in [0.2, 0.25) is 0 Å². The third-order valence-corrected chi connectivity index (χ3v) is 8.25. The Bertz CT molecular complexity index is 1130. The van der Waals surface area contributed by atoms with Crippen molar-refractivity contribution in [1.82, 2.24) is 5.32 Å². The van der Waals surface area contributed by atoms with Gasteiger partial charge >= 0.3 is 6.18 Å². The van der Waals surface area contributed by atoms with E-state index in [2.05, 4.69) is 10.5 Å². The summed E-state index contributed by atoms with van der Waals surface area (Å²) in [4.78, 5) is 17.7. The molecule has 0 aromatic heterocycles. The smallest absolute Gasteiger partial charge is 0.372 e. The van der Waals surface area contributed by atoms with E-state index >= 15 is 0 Å². The molecule has 1 fully saturated rings. The summed E-state index contributed by atoms with van der Waals surface area (Å²) in [6, 6.07) is 8.15. The zero-order valence-electron chi connectivity index (χ0n) is 17.4. The highest BCUT2D eigenvalue weighted by molar-refractivity contribution is 8.00. The molecule has 2 atom stereocenters. The monoisotopic (exact) mass is 536 g/mol. The van der Waals surface area contributed by atoms with Crippen molar-refractivity contribution in [3.63, 3.8) is 0 Å². The SMILES string of the molecule is Cc1cc(C2=NOC(c3cc(Cl)cc(Cl)c3)(C(F)(F)F)C2Cl)ccc1C(=O)NC1(C)CSC1. The lowest BCUT2D eigenvalue weighted by Crippen LogP contribution is -2.55. The first kappa shape index (κ1) is 24.5. The van der Waals surface area contributed by atoms with Crippen molar-refractivity contribution in [2.75, 3.05) is 11.5 Å². The molecule has 2 aromatic rings. The normalized spacial score (nSPS) is 24.0. The fourth-order valence-electron chi connectivity index (χ4n) is 3.83. The lowest BCUT2D eigenvalue weighted by Gasteiger charge is -2.38. The predicted molar refractivity (Wildman–Crippen MR) is 126 cm³/mol. The largest absolute Gasteiger partial charge is 0.437 e. The highest BCUT2D eigenvalue weighted by atomic mass is 35.5. The molecule has 0 radical (unpaired) electrons. The number of nitrogens with zero attached hydrogens (tertiary/aromatic N) is 1. The van der Waals surface area contributed by atoms with E-state index in [1.54, 1.807) is 30.8 Å². The molecular formula is C22H18Cl3F3N2O2S. The molecule has 2 unspecified atom stereocenters. The summed E-state index contributed by atoms with van der Waals surface area (Å²) in [5, 5.41) is 5.00. The molecule has 11 heteroatoms. The average molecular weight is 538 g/mol. The highest BCUT2D eigenvalue weighted by Gasteiger charge is 2.68. The van der Waals surface area contributed by atoms with Crippen molar-refractivity contribution in [2.24, 2.45) is 5.16 Å². The summed E-state index contributed by atoms with van der Waals surface area (Å²) in [5.74, 6) is 1.41. The van der Waals surface area contributed by atoms with Gasteiger partial charge in [-0.2, -0.15) is 24.9 Å². The van der Waals surface area contributed by atoms with Crippen molar-refractivity contribution in [3.8, 4) is 0 Å². The van der Waals surface area contributed by atoms with Crippen LogP contribution in [0.3, 0.4) is 0 Å². The maximum absolute atomic E-state index is 14.3. The molecule has 0 spiro atoms. The first-order chi connectivity index (χ1) is 15.4. The van der Waals surface area contributed by atoms with Gasteiger partial charge in [-0.1, -0.05) is 34.4 Å². The molecule has 1 N–H and O–H groups in total. The summed E-state index contributed by atoms with van der Waals surface area (Å²) in [5.41, 5.74) is -2.39. The van der Waals surface area contributed by atoms with Gasteiger partial charge in [-0.3, -0.25) is 4.79 Å². The van der Waals surface area contributed by atoms with Crippen LogP contribution in [0, 0.1) is 6.92 Å². The summed E-state index contributed by atoms with van der Waals surface area (Å²) < 4.78 is 43.0. The second-order valence-electron chi connectivity index (χ2n) is 8.36. The van der Waals surface area contributed by atoms with Gasteiger partial charge in [0.1, 0.15) is 11.1 Å². The van der Waals surface area contributed by atoms with Crippen molar-refractivity contribution in [2.45, 2.75) is 36.5 Å². The molecule has 33 heavy (non-hydrogen) atoms. The predicted octanol–water partition coefficient (Wildman–Crippen LogP) is 6.34. The van der Waals surface area contributed by atoms with E-state index in [0.29, 0.717) is 16.7 Å². The van der Waals surface area contributed by atoms with Crippen LogP contribution in [-0.2, 0) is 10.4 Å². The van der Waals surface area contributed by atoms with Crippen molar-refractivity contribution in [1.29, 1.82) is 0 Å². The molecule has 2 aliphatic heterocycles. The number of hydrogen-bond donors (Lipinski definition) is 1.